The SMILES string of the molecule is Cc1c(COc2ccc(CN=CC3CC3(CO)C(=O)O)c(OCc3cccc(C#N)c3)c2)cccc1-c1ccc2c(c1)OCCO2. The molecule has 1 heterocycles. The van der Waals surface area contributed by atoms with E-state index in [2.05, 4.69) is 24.1 Å². The normalized spacial score (nSPS) is 18.2. The van der Waals surface area contributed by atoms with E-state index in [1.807, 2.05) is 60.7 Å². The zero-order valence-corrected chi connectivity index (χ0v) is 25.4. The predicted molar refractivity (Wildman–Crippen MR) is 171 cm³/mol. The number of nitriles is 1. The number of hydrogen-bond acceptors (Lipinski definition) is 8. The van der Waals surface area contributed by atoms with Gasteiger partial charge in [0, 0.05) is 23.8 Å². The number of ether oxygens (including phenoxy) is 4. The molecule has 0 bridgehead atoms. The van der Waals surface area contributed by atoms with Gasteiger partial charge in [-0.1, -0.05) is 36.4 Å². The number of carboxylic acid groups (broad SMARTS) is 1. The van der Waals surface area contributed by atoms with Gasteiger partial charge in [0.15, 0.2) is 11.5 Å². The van der Waals surface area contributed by atoms with Crippen molar-refractivity contribution < 1.29 is 34.0 Å². The molecule has 2 aliphatic rings. The van der Waals surface area contributed by atoms with Crippen molar-refractivity contribution in [2.24, 2.45) is 16.3 Å². The van der Waals surface area contributed by atoms with Gasteiger partial charge < -0.3 is 29.2 Å². The molecule has 9 heteroatoms. The standard InChI is InChI=1S/C37H34N2O7/c1-24-29(6-3-7-32(24)27-9-11-33-35(15-27)44-13-12-43-33)22-45-31-10-8-28(19-39-20-30-17-37(30,23-40)36(41)42)34(16-31)46-21-26-5-2-4-25(14-26)18-38/h2-11,14-16,20,30,40H,12-13,17,19,21-23H2,1H3,(H,41,42). The lowest BCUT2D eigenvalue weighted by atomic mass is 9.96. The Bertz CT molecular complexity index is 1830. The fourth-order valence-electron chi connectivity index (χ4n) is 5.61. The Labute approximate surface area is 267 Å². The second kappa shape index (κ2) is 13.3. The van der Waals surface area contributed by atoms with E-state index in [1.165, 1.54) is 0 Å². The summed E-state index contributed by atoms with van der Waals surface area (Å²) in [6, 6.07) is 27.1. The van der Waals surface area contributed by atoms with Crippen molar-refractivity contribution in [1.29, 1.82) is 5.26 Å². The minimum Gasteiger partial charge on any atom is -0.489 e. The highest BCUT2D eigenvalue weighted by molar-refractivity contribution is 5.86. The van der Waals surface area contributed by atoms with Crippen molar-refractivity contribution >= 4 is 12.2 Å². The van der Waals surface area contributed by atoms with Crippen LogP contribution in [0.15, 0.2) is 83.9 Å². The number of aliphatic imine (C=N–C) groups is 1. The molecule has 0 radical (unpaired) electrons. The predicted octanol–water partition coefficient (Wildman–Crippen LogP) is 6.12. The van der Waals surface area contributed by atoms with Crippen LogP contribution in [0.25, 0.3) is 11.1 Å². The fourth-order valence-corrected chi connectivity index (χ4v) is 5.61. The Morgan fingerprint density at radius 3 is 2.61 bits per heavy atom. The number of benzene rings is 4. The van der Waals surface area contributed by atoms with Crippen LogP contribution in [0.5, 0.6) is 23.0 Å². The van der Waals surface area contributed by atoms with Crippen LogP contribution < -0.4 is 18.9 Å². The highest BCUT2D eigenvalue weighted by Crippen LogP contribution is 2.51. The minimum atomic E-state index is -1.14. The van der Waals surface area contributed by atoms with Crippen molar-refractivity contribution in [2.75, 3.05) is 19.8 Å². The molecule has 1 fully saturated rings. The van der Waals surface area contributed by atoms with Crippen molar-refractivity contribution in [3.05, 3.63) is 107 Å². The van der Waals surface area contributed by atoms with Gasteiger partial charge in [-0.25, -0.2) is 0 Å². The van der Waals surface area contributed by atoms with Gasteiger partial charge in [0.05, 0.1) is 30.2 Å². The average molecular weight is 619 g/mol. The summed E-state index contributed by atoms with van der Waals surface area (Å²) in [4.78, 5) is 16.1. The summed E-state index contributed by atoms with van der Waals surface area (Å²) in [5.74, 6) is 1.36. The van der Waals surface area contributed by atoms with E-state index < -0.39 is 18.0 Å². The first-order chi connectivity index (χ1) is 22.4. The van der Waals surface area contributed by atoms with Crippen LogP contribution in [-0.2, 0) is 24.6 Å². The van der Waals surface area contributed by atoms with Crippen LogP contribution in [0.2, 0.25) is 0 Å². The molecular formula is C37H34N2O7. The van der Waals surface area contributed by atoms with Gasteiger partial charge in [-0.2, -0.15) is 5.26 Å². The van der Waals surface area contributed by atoms with Crippen molar-refractivity contribution in [3.8, 4) is 40.2 Å². The molecule has 2 unspecified atom stereocenters. The molecule has 4 aromatic rings. The second-order valence-electron chi connectivity index (χ2n) is 11.5. The maximum atomic E-state index is 11.6. The summed E-state index contributed by atoms with van der Waals surface area (Å²) >= 11 is 0. The van der Waals surface area contributed by atoms with Crippen LogP contribution in [0, 0.1) is 29.6 Å². The van der Waals surface area contributed by atoms with E-state index in [1.54, 1.807) is 18.3 Å². The lowest BCUT2D eigenvalue weighted by molar-refractivity contribution is -0.145. The first-order valence-electron chi connectivity index (χ1n) is 15.1. The van der Waals surface area contributed by atoms with E-state index in [4.69, 9.17) is 18.9 Å². The maximum Gasteiger partial charge on any atom is 0.312 e. The number of carbonyl (C=O) groups is 1. The molecule has 1 aliphatic carbocycles. The number of aliphatic hydroxyl groups is 1. The highest BCUT2D eigenvalue weighted by atomic mass is 16.6. The van der Waals surface area contributed by atoms with Gasteiger partial charge in [-0.15, -0.1) is 0 Å². The van der Waals surface area contributed by atoms with Crippen LogP contribution in [0.4, 0.5) is 0 Å². The molecule has 0 spiro atoms. The number of hydrogen-bond donors (Lipinski definition) is 2. The van der Waals surface area contributed by atoms with E-state index in [9.17, 15) is 20.3 Å². The van der Waals surface area contributed by atoms with E-state index in [-0.39, 0.29) is 19.1 Å². The van der Waals surface area contributed by atoms with Gasteiger partial charge in [0.2, 0.25) is 0 Å². The third-order valence-corrected chi connectivity index (χ3v) is 8.57. The molecule has 0 aromatic heterocycles. The van der Waals surface area contributed by atoms with Crippen LogP contribution in [-0.4, -0.2) is 42.2 Å². The zero-order valence-electron chi connectivity index (χ0n) is 25.4. The molecule has 2 N–H and O–H groups in total. The summed E-state index contributed by atoms with van der Waals surface area (Å²) < 4.78 is 23.9. The van der Waals surface area contributed by atoms with E-state index >= 15 is 0 Å². The second-order valence-corrected chi connectivity index (χ2v) is 11.5. The van der Waals surface area contributed by atoms with E-state index in [0.29, 0.717) is 43.3 Å². The van der Waals surface area contributed by atoms with Crippen LogP contribution in [0.3, 0.4) is 0 Å². The van der Waals surface area contributed by atoms with Gasteiger partial charge in [-0.05, 0) is 77.6 Å². The molecule has 1 saturated carbocycles. The topological polar surface area (TPSA) is 131 Å². The monoisotopic (exact) mass is 618 g/mol. The molecule has 46 heavy (non-hydrogen) atoms. The highest BCUT2D eigenvalue weighted by Gasteiger charge is 2.59. The van der Waals surface area contributed by atoms with Gasteiger partial charge >= 0.3 is 5.97 Å². The number of aliphatic carboxylic acids is 1. The molecule has 2 atom stereocenters. The average Bonchev–Trinajstić information content (AvgIpc) is 3.82. The molecule has 9 nitrogen and oxygen atoms in total. The zero-order chi connectivity index (χ0) is 32.1. The Morgan fingerprint density at radius 2 is 1.83 bits per heavy atom. The smallest absolute Gasteiger partial charge is 0.312 e. The number of carboxylic acids is 1. The van der Waals surface area contributed by atoms with Crippen molar-refractivity contribution in [1.82, 2.24) is 0 Å². The number of fused-ring (bicyclic) bond motifs is 1. The van der Waals surface area contributed by atoms with Crippen molar-refractivity contribution in [3.63, 3.8) is 0 Å². The van der Waals surface area contributed by atoms with Gasteiger partial charge in [0.25, 0.3) is 0 Å². The summed E-state index contributed by atoms with van der Waals surface area (Å²) in [5.41, 5.74) is 5.30. The third kappa shape index (κ3) is 6.53. The molecule has 1 aliphatic heterocycles. The Balaban J connectivity index is 1.19. The number of rotatable bonds is 12. The summed E-state index contributed by atoms with van der Waals surface area (Å²) in [6.07, 6.45) is 1.98. The fraction of sp³-hybridized carbons (Fsp3) is 0.270. The Morgan fingerprint density at radius 1 is 1.00 bits per heavy atom. The minimum absolute atomic E-state index is 0.238. The number of aliphatic hydroxyl groups excluding tert-OH is 1. The quantitative estimate of drug-likeness (QED) is 0.182. The Kier molecular flexibility index (Phi) is 8.90. The summed E-state index contributed by atoms with van der Waals surface area (Å²) in [6.45, 7) is 3.58. The van der Waals surface area contributed by atoms with Crippen LogP contribution in [0.1, 0.15) is 34.2 Å². The lowest BCUT2D eigenvalue weighted by Crippen LogP contribution is -2.22. The molecule has 6 rings (SSSR count). The largest absolute Gasteiger partial charge is 0.489 e. The molecule has 0 amide bonds. The van der Waals surface area contributed by atoms with Crippen LogP contribution >= 0.6 is 0 Å². The number of nitrogens with zero attached hydrogens (tertiary/aromatic N) is 2. The summed E-state index contributed by atoms with van der Waals surface area (Å²) in [5, 5.41) is 28.3. The molecular weight excluding hydrogens is 584 g/mol. The van der Waals surface area contributed by atoms with Crippen molar-refractivity contribution in [2.45, 2.75) is 33.1 Å². The van der Waals surface area contributed by atoms with Gasteiger partial charge in [0.1, 0.15) is 37.9 Å². The van der Waals surface area contributed by atoms with Gasteiger partial charge in [-0.3, -0.25) is 9.79 Å². The Hall–Kier alpha value is -5.33. The summed E-state index contributed by atoms with van der Waals surface area (Å²) in [7, 11) is 0. The van der Waals surface area contributed by atoms with E-state index in [0.717, 1.165) is 44.9 Å². The molecule has 0 saturated heterocycles. The molecule has 234 valence electrons. The maximum absolute atomic E-state index is 11.6. The first kappa shape index (κ1) is 30.7. The molecule has 4 aromatic carbocycles. The third-order valence-electron chi connectivity index (χ3n) is 8.57. The lowest BCUT2D eigenvalue weighted by Gasteiger charge is -2.20. The first-order valence-corrected chi connectivity index (χ1v) is 15.1.